The van der Waals surface area contributed by atoms with Crippen LogP contribution in [0.15, 0.2) is 48.5 Å². The summed E-state index contributed by atoms with van der Waals surface area (Å²) in [7, 11) is 0. The Morgan fingerprint density at radius 1 is 0.964 bits per heavy atom. The van der Waals surface area contributed by atoms with Gasteiger partial charge in [-0.1, -0.05) is 31.5 Å². The predicted octanol–water partition coefficient (Wildman–Crippen LogP) is 4.08. The lowest BCUT2D eigenvalue weighted by molar-refractivity contribution is -0.119. The van der Waals surface area contributed by atoms with Crippen molar-refractivity contribution in [3.63, 3.8) is 0 Å². The summed E-state index contributed by atoms with van der Waals surface area (Å²) in [6.07, 6.45) is 0.776. The molecule has 0 atom stereocenters. The maximum absolute atomic E-state index is 12.1. The van der Waals surface area contributed by atoms with Gasteiger partial charge in [-0.2, -0.15) is 0 Å². The molecular formula is C21H24ClN3O3. The Kier molecular flexibility index (Phi) is 8.02. The molecule has 0 saturated carbocycles. The Morgan fingerprint density at radius 2 is 1.61 bits per heavy atom. The van der Waals surface area contributed by atoms with Gasteiger partial charge in [-0.05, 0) is 48.9 Å². The molecule has 0 unspecified atom stereocenters. The first-order valence-corrected chi connectivity index (χ1v) is 9.47. The summed E-state index contributed by atoms with van der Waals surface area (Å²) < 4.78 is 0. The first-order valence-electron chi connectivity index (χ1n) is 9.09. The molecule has 28 heavy (non-hydrogen) atoms. The van der Waals surface area contributed by atoms with Gasteiger partial charge >= 0.3 is 0 Å². The molecule has 0 aliphatic rings. The van der Waals surface area contributed by atoms with Gasteiger partial charge in [0, 0.05) is 40.8 Å². The average molecular weight is 402 g/mol. The van der Waals surface area contributed by atoms with E-state index in [1.54, 1.807) is 48.5 Å². The smallest absolute Gasteiger partial charge is 0.251 e. The van der Waals surface area contributed by atoms with Crippen LogP contribution in [-0.2, 0) is 9.59 Å². The van der Waals surface area contributed by atoms with E-state index in [0.29, 0.717) is 34.9 Å². The highest BCUT2D eigenvalue weighted by molar-refractivity contribution is 6.30. The largest absolute Gasteiger partial charge is 0.352 e. The molecule has 7 heteroatoms. The molecule has 0 spiro atoms. The minimum absolute atomic E-state index is 0.0834. The fourth-order valence-electron chi connectivity index (χ4n) is 2.34. The number of carbonyl (C=O) groups excluding carboxylic acids is 3. The Morgan fingerprint density at radius 3 is 2.25 bits per heavy atom. The average Bonchev–Trinajstić information content (AvgIpc) is 2.65. The molecule has 0 saturated heterocycles. The van der Waals surface area contributed by atoms with Crippen molar-refractivity contribution in [2.24, 2.45) is 5.92 Å². The Bertz CT molecular complexity index is 835. The molecule has 2 rings (SSSR count). The Balaban J connectivity index is 1.74. The van der Waals surface area contributed by atoms with Crippen LogP contribution in [-0.4, -0.2) is 24.3 Å². The molecule has 6 nitrogen and oxygen atoms in total. The van der Waals surface area contributed by atoms with E-state index in [-0.39, 0.29) is 30.1 Å². The van der Waals surface area contributed by atoms with E-state index < -0.39 is 0 Å². The molecule has 2 aromatic carbocycles. The molecule has 3 amide bonds. The Hall–Kier alpha value is -2.86. The maximum Gasteiger partial charge on any atom is 0.251 e. The second-order valence-electron chi connectivity index (χ2n) is 6.64. The number of halogens is 1. The van der Waals surface area contributed by atoms with Gasteiger partial charge in [-0.25, -0.2) is 0 Å². The number of rotatable bonds is 8. The number of hydrogen-bond acceptors (Lipinski definition) is 3. The molecule has 0 bridgehead atoms. The van der Waals surface area contributed by atoms with Crippen LogP contribution in [0, 0.1) is 5.92 Å². The van der Waals surface area contributed by atoms with E-state index >= 15 is 0 Å². The quantitative estimate of drug-likeness (QED) is 0.582. The van der Waals surface area contributed by atoms with Crippen LogP contribution in [0.5, 0.6) is 0 Å². The van der Waals surface area contributed by atoms with E-state index in [2.05, 4.69) is 16.0 Å². The van der Waals surface area contributed by atoms with Crippen LogP contribution in [0.1, 0.15) is 37.0 Å². The van der Waals surface area contributed by atoms with Gasteiger partial charge in [0.2, 0.25) is 11.8 Å². The van der Waals surface area contributed by atoms with Crippen LogP contribution in [0.2, 0.25) is 5.02 Å². The van der Waals surface area contributed by atoms with Gasteiger partial charge in [0.05, 0.1) is 0 Å². The summed E-state index contributed by atoms with van der Waals surface area (Å²) >= 11 is 5.80. The lowest BCUT2D eigenvalue weighted by atomic mass is 10.2. The zero-order valence-electron chi connectivity index (χ0n) is 15.9. The highest BCUT2D eigenvalue weighted by Gasteiger charge is 2.09. The standard InChI is InChI=1S/C21H24ClN3O3/c1-14(2)20(27)25-18-6-3-5-17(13-18)24-19(26)7-4-12-23-21(28)15-8-10-16(22)11-9-15/h3,5-6,8-11,13-14H,4,7,12H2,1-2H3,(H,23,28)(H,24,26)(H,25,27). The van der Waals surface area contributed by atoms with Crippen molar-refractivity contribution in [1.29, 1.82) is 0 Å². The van der Waals surface area contributed by atoms with Crippen LogP contribution in [0.25, 0.3) is 0 Å². The predicted molar refractivity (Wildman–Crippen MR) is 112 cm³/mol. The second kappa shape index (κ2) is 10.5. The monoisotopic (exact) mass is 401 g/mol. The topological polar surface area (TPSA) is 87.3 Å². The molecule has 0 aliphatic heterocycles. The van der Waals surface area contributed by atoms with Gasteiger partial charge in [-0.3, -0.25) is 14.4 Å². The van der Waals surface area contributed by atoms with Gasteiger partial charge in [0.25, 0.3) is 5.91 Å². The Labute approximate surface area is 169 Å². The number of carbonyl (C=O) groups is 3. The summed E-state index contributed by atoms with van der Waals surface area (Å²) in [5.41, 5.74) is 1.76. The second-order valence-corrected chi connectivity index (χ2v) is 7.08. The third kappa shape index (κ3) is 7.04. The number of anilines is 2. The third-order valence-corrected chi connectivity index (χ3v) is 4.16. The molecule has 0 aromatic heterocycles. The van der Waals surface area contributed by atoms with E-state index in [0.717, 1.165) is 0 Å². The van der Waals surface area contributed by atoms with E-state index in [4.69, 9.17) is 11.6 Å². The van der Waals surface area contributed by atoms with Gasteiger partial charge in [-0.15, -0.1) is 0 Å². The first kappa shape index (κ1) is 21.4. The van der Waals surface area contributed by atoms with Crippen molar-refractivity contribution >= 4 is 40.7 Å². The number of nitrogens with one attached hydrogen (secondary N) is 3. The molecule has 0 heterocycles. The summed E-state index contributed by atoms with van der Waals surface area (Å²) in [4.78, 5) is 35.8. The third-order valence-electron chi connectivity index (χ3n) is 3.91. The molecule has 0 aliphatic carbocycles. The molecule has 3 N–H and O–H groups in total. The van der Waals surface area contributed by atoms with Crippen molar-refractivity contribution in [1.82, 2.24) is 5.32 Å². The van der Waals surface area contributed by atoms with Gasteiger partial charge in [0.15, 0.2) is 0 Å². The summed E-state index contributed by atoms with van der Waals surface area (Å²) in [6, 6.07) is 13.6. The van der Waals surface area contributed by atoms with Crippen molar-refractivity contribution in [3.8, 4) is 0 Å². The summed E-state index contributed by atoms with van der Waals surface area (Å²) in [6.45, 7) is 4.01. The molecule has 0 radical (unpaired) electrons. The van der Waals surface area contributed by atoms with Crippen LogP contribution >= 0.6 is 11.6 Å². The van der Waals surface area contributed by atoms with Crippen LogP contribution in [0.3, 0.4) is 0 Å². The van der Waals surface area contributed by atoms with Crippen LogP contribution < -0.4 is 16.0 Å². The summed E-state index contributed by atoms with van der Waals surface area (Å²) in [5, 5.41) is 8.93. The minimum Gasteiger partial charge on any atom is -0.352 e. The zero-order chi connectivity index (χ0) is 20.5. The maximum atomic E-state index is 12.1. The van der Waals surface area contributed by atoms with E-state index in [9.17, 15) is 14.4 Å². The molecule has 2 aromatic rings. The number of amides is 3. The zero-order valence-corrected chi connectivity index (χ0v) is 16.7. The molecule has 148 valence electrons. The van der Waals surface area contributed by atoms with Crippen molar-refractivity contribution in [2.75, 3.05) is 17.2 Å². The van der Waals surface area contributed by atoms with E-state index in [1.807, 2.05) is 13.8 Å². The van der Waals surface area contributed by atoms with Crippen molar-refractivity contribution < 1.29 is 14.4 Å². The minimum atomic E-state index is -0.203. The highest BCUT2D eigenvalue weighted by Crippen LogP contribution is 2.16. The van der Waals surface area contributed by atoms with Crippen molar-refractivity contribution in [3.05, 3.63) is 59.1 Å². The van der Waals surface area contributed by atoms with Gasteiger partial charge < -0.3 is 16.0 Å². The molecular weight excluding hydrogens is 378 g/mol. The summed E-state index contributed by atoms with van der Waals surface area (Å²) in [5.74, 6) is -0.569. The lowest BCUT2D eigenvalue weighted by Gasteiger charge is -2.10. The first-order chi connectivity index (χ1) is 13.3. The highest BCUT2D eigenvalue weighted by atomic mass is 35.5. The SMILES string of the molecule is CC(C)C(=O)Nc1cccc(NC(=O)CCCNC(=O)c2ccc(Cl)cc2)c1. The van der Waals surface area contributed by atoms with Gasteiger partial charge in [0.1, 0.15) is 0 Å². The number of benzene rings is 2. The lowest BCUT2D eigenvalue weighted by Crippen LogP contribution is -2.25. The normalized spacial score (nSPS) is 10.4. The fourth-order valence-corrected chi connectivity index (χ4v) is 2.46. The van der Waals surface area contributed by atoms with Crippen molar-refractivity contribution in [2.45, 2.75) is 26.7 Å². The fraction of sp³-hybridized carbons (Fsp3) is 0.286. The molecule has 0 fully saturated rings. The van der Waals surface area contributed by atoms with E-state index in [1.165, 1.54) is 0 Å². The number of hydrogen-bond donors (Lipinski definition) is 3. The van der Waals surface area contributed by atoms with Crippen LogP contribution in [0.4, 0.5) is 11.4 Å².